The molecule has 0 bridgehead atoms. The second-order valence-corrected chi connectivity index (χ2v) is 5.19. The zero-order valence-electron chi connectivity index (χ0n) is 10.6. The van der Waals surface area contributed by atoms with Crippen LogP contribution in [0.3, 0.4) is 0 Å². The lowest BCUT2D eigenvalue weighted by Gasteiger charge is -2.31. The van der Waals surface area contributed by atoms with Gasteiger partial charge in [-0.2, -0.15) is 0 Å². The number of aliphatic hydroxyl groups excluding tert-OH is 1. The minimum absolute atomic E-state index is 0.00199. The quantitative estimate of drug-likeness (QED) is 0.789. The van der Waals surface area contributed by atoms with E-state index >= 15 is 0 Å². The van der Waals surface area contributed by atoms with E-state index in [-0.39, 0.29) is 30.6 Å². The molecule has 2 heterocycles. The van der Waals surface area contributed by atoms with E-state index in [4.69, 9.17) is 4.74 Å². The molecule has 0 aliphatic carbocycles. The van der Waals surface area contributed by atoms with Gasteiger partial charge in [0.2, 0.25) is 5.91 Å². The van der Waals surface area contributed by atoms with Crippen molar-refractivity contribution in [2.45, 2.75) is 51.2 Å². The first-order valence-corrected chi connectivity index (χ1v) is 6.77. The van der Waals surface area contributed by atoms with Gasteiger partial charge in [0.05, 0.1) is 24.7 Å². The van der Waals surface area contributed by atoms with Crippen LogP contribution in [0.1, 0.15) is 39.0 Å². The molecule has 2 saturated heterocycles. The van der Waals surface area contributed by atoms with Crippen molar-refractivity contribution in [3.8, 4) is 0 Å². The molecule has 3 unspecified atom stereocenters. The van der Waals surface area contributed by atoms with Gasteiger partial charge in [-0.15, -0.1) is 0 Å². The first-order chi connectivity index (χ1) is 8.24. The topological polar surface area (TPSA) is 49.8 Å². The summed E-state index contributed by atoms with van der Waals surface area (Å²) in [4.78, 5) is 14.4. The van der Waals surface area contributed by atoms with E-state index in [0.717, 1.165) is 38.6 Å². The van der Waals surface area contributed by atoms with Crippen LogP contribution in [0.2, 0.25) is 0 Å². The summed E-state index contributed by atoms with van der Waals surface area (Å²) in [6.07, 6.45) is 5.14. The number of hydrogen-bond acceptors (Lipinski definition) is 3. The second kappa shape index (κ2) is 5.83. The highest BCUT2D eigenvalue weighted by Gasteiger charge is 2.36. The number of amides is 1. The van der Waals surface area contributed by atoms with Gasteiger partial charge in [-0.25, -0.2) is 0 Å². The molecule has 0 spiro atoms. The highest BCUT2D eigenvalue weighted by molar-refractivity contribution is 5.80. The molecule has 0 aromatic rings. The van der Waals surface area contributed by atoms with Gasteiger partial charge < -0.3 is 14.7 Å². The summed E-state index contributed by atoms with van der Waals surface area (Å²) in [7, 11) is 0. The summed E-state index contributed by atoms with van der Waals surface area (Å²) in [5.41, 5.74) is 0. The summed E-state index contributed by atoms with van der Waals surface area (Å²) in [6, 6.07) is 0.0257. The molecular formula is C13H23NO3. The Morgan fingerprint density at radius 2 is 2.18 bits per heavy atom. The maximum atomic E-state index is 12.5. The number of ether oxygens (including phenoxy) is 1. The largest absolute Gasteiger partial charge is 0.394 e. The Hall–Kier alpha value is -0.610. The van der Waals surface area contributed by atoms with Crippen LogP contribution in [0.4, 0.5) is 0 Å². The van der Waals surface area contributed by atoms with Crippen molar-refractivity contribution < 1.29 is 14.6 Å². The van der Waals surface area contributed by atoms with Gasteiger partial charge in [0, 0.05) is 13.2 Å². The fourth-order valence-electron chi connectivity index (χ4n) is 2.93. The van der Waals surface area contributed by atoms with Crippen LogP contribution in [0.5, 0.6) is 0 Å². The number of carbonyl (C=O) groups is 1. The lowest BCUT2D eigenvalue weighted by Crippen LogP contribution is -2.46. The maximum absolute atomic E-state index is 12.5. The predicted octanol–water partition coefficient (Wildman–Crippen LogP) is 1.17. The molecule has 98 valence electrons. The number of hydrogen-bond donors (Lipinski definition) is 1. The molecule has 1 amide bonds. The number of carbonyl (C=O) groups excluding carboxylic acids is 1. The van der Waals surface area contributed by atoms with Crippen LogP contribution in [0.25, 0.3) is 0 Å². The molecule has 1 N–H and O–H groups in total. The average Bonchev–Trinajstić information content (AvgIpc) is 2.64. The van der Waals surface area contributed by atoms with Crippen LogP contribution < -0.4 is 0 Å². The van der Waals surface area contributed by atoms with Crippen molar-refractivity contribution in [2.24, 2.45) is 5.92 Å². The van der Waals surface area contributed by atoms with Crippen LogP contribution in [0.15, 0.2) is 0 Å². The number of likely N-dealkylation sites (tertiary alicyclic amines) is 1. The first-order valence-electron chi connectivity index (χ1n) is 6.77. The minimum Gasteiger partial charge on any atom is -0.394 e. The molecule has 2 fully saturated rings. The molecule has 4 heteroatoms. The molecule has 0 aromatic heterocycles. The third-order valence-corrected chi connectivity index (χ3v) is 4.06. The Kier molecular flexibility index (Phi) is 4.40. The Morgan fingerprint density at radius 3 is 2.82 bits per heavy atom. The highest BCUT2D eigenvalue weighted by atomic mass is 16.5. The van der Waals surface area contributed by atoms with Crippen molar-refractivity contribution >= 4 is 5.91 Å². The fourth-order valence-corrected chi connectivity index (χ4v) is 2.93. The Labute approximate surface area is 103 Å². The number of rotatable bonds is 2. The smallest absolute Gasteiger partial charge is 0.228 e. The lowest BCUT2D eigenvalue weighted by molar-refractivity contribution is -0.140. The molecule has 0 radical (unpaired) electrons. The van der Waals surface area contributed by atoms with Gasteiger partial charge in [0.1, 0.15) is 0 Å². The third kappa shape index (κ3) is 2.80. The molecule has 2 rings (SSSR count). The van der Waals surface area contributed by atoms with Gasteiger partial charge in [0.15, 0.2) is 0 Å². The monoisotopic (exact) mass is 241 g/mol. The van der Waals surface area contributed by atoms with E-state index < -0.39 is 0 Å². The molecule has 3 atom stereocenters. The van der Waals surface area contributed by atoms with Crippen LogP contribution >= 0.6 is 0 Å². The van der Waals surface area contributed by atoms with E-state index in [1.165, 1.54) is 0 Å². The van der Waals surface area contributed by atoms with E-state index in [0.29, 0.717) is 6.61 Å². The first kappa shape index (κ1) is 12.8. The number of nitrogens with zero attached hydrogens (tertiary/aromatic N) is 1. The summed E-state index contributed by atoms with van der Waals surface area (Å²) < 4.78 is 5.47. The Balaban J connectivity index is 2.04. The third-order valence-electron chi connectivity index (χ3n) is 4.06. The molecule has 0 aromatic carbocycles. The van der Waals surface area contributed by atoms with E-state index in [1.807, 2.05) is 11.8 Å². The van der Waals surface area contributed by atoms with E-state index in [2.05, 4.69) is 0 Å². The Morgan fingerprint density at radius 1 is 1.35 bits per heavy atom. The van der Waals surface area contributed by atoms with Gasteiger partial charge >= 0.3 is 0 Å². The van der Waals surface area contributed by atoms with E-state index in [9.17, 15) is 9.90 Å². The van der Waals surface area contributed by atoms with Gasteiger partial charge in [-0.3, -0.25) is 4.79 Å². The van der Waals surface area contributed by atoms with Crippen LogP contribution in [0, 0.1) is 5.92 Å². The second-order valence-electron chi connectivity index (χ2n) is 5.19. The summed E-state index contributed by atoms with van der Waals surface area (Å²) in [5, 5.41) is 9.42. The van der Waals surface area contributed by atoms with Crippen molar-refractivity contribution in [3.63, 3.8) is 0 Å². The summed E-state index contributed by atoms with van der Waals surface area (Å²) in [6.45, 7) is 3.55. The van der Waals surface area contributed by atoms with Gasteiger partial charge in [0.25, 0.3) is 0 Å². The average molecular weight is 241 g/mol. The summed E-state index contributed by atoms with van der Waals surface area (Å²) >= 11 is 0. The van der Waals surface area contributed by atoms with Crippen LogP contribution in [-0.4, -0.2) is 47.8 Å². The number of aliphatic hydroxyl groups is 1. The van der Waals surface area contributed by atoms with Crippen molar-refractivity contribution in [1.82, 2.24) is 4.90 Å². The molecule has 2 aliphatic heterocycles. The molecule has 4 nitrogen and oxygen atoms in total. The zero-order chi connectivity index (χ0) is 12.3. The van der Waals surface area contributed by atoms with Crippen molar-refractivity contribution in [1.29, 1.82) is 0 Å². The van der Waals surface area contributed by atoms with Gasteiger partial charge in [-0.1, -0.05) is 12.8 Å². The SMILES string of the molecule is CC1OCCC1C(=O)N1CCCCCC1CO. The lowest BCUT2D eigenvalue weighted by atomic mass is 9.99. The molecule has 2 aliphatic rings. The maximum Gasteiger partial charge on any atom is 0.228 e. The summed E-state index contributed by atoms with van der Waals surface area (Å²) in [5.74, 6) is 0.193. The zero-order valence-corrected chi connectivity index (χ0v) is 10.6. The van der Waals surface area contributed by atoms with E-state index in [1.54, 1.807) is 0 Å². The molecular weight excluding hydrogens is 218 g/mol. The normalized spacial score (nSPS) is 34.7. The predicted molar refractivity (Wildman–Crippen MR) is 64.6 cm³/mol. The Bertz CT molecular complexity index is 269. The molecule has 0 saturated carbocycles. The molecule has 17 heavy (non-hydrogen) atoms. The van der Waals surface area contributed by atoms with Crippen molar-refractivity contribution in [3.05, 3.63) is 0 Å². The standard InChI is InChI=1S/C13H23NO3/c1-10-12(6-8-17-10)13(16)14-7-4-2-3-5-11(14)9-15/h10-12,15H,2-9H2,1H3. The minimum atomic E-state index is 0.00199. The van der Waals surface area contributed by atoms with Gasteiger partial charge in [-0.05, 0) is 26.2 Å². The van der Waals surface area contributed by atoms with Crippen molar-refractivity contribution in [2.75, 3.05) is 19.8 Å². The van der Waals surface area contributed by atoms with Crippen LogP contribution in [-0.2, 0) is 9.53 Å². The fraction of sp³-hybridized carbons (Fsp3) is 0.923. The highest BCUT2D eigenvalue weighted by Crippen LogP contribution is 2.26.